The smallest absolute Gasteiger partial charge is 0.256 e. The summed E-state index contributed by atoms with van der Waals surface area (Å²) in [7, 11) is 1.62. The van der Waals surface area contributed by atoms with Gasteiger partial charge in [-0.1, -0.05) is 42.5 Å². The minimum atomic E-state index is -0.357. The fourth-order valence-electron chi connectivity index (χ4n) is 3.57. The van der Waals surface area contributed by atoms with Crippen LogP contribution in [0.15, 0.2) is 78.9 Å². The van der Waals surface area contributed by atoms with Crippen molar-refractivity contribution in [3.8, 4) is 5.75 Å². The van der Waals surface area contributed by atoms with Gasteiger partial charge in [-0.3, -0.25) is 9.69 Å². The number of rotatable bonds is 5. The number of carbonyl (C=O) groups is 1. The summed E-state index contributed by atoms with van der Waals surface area (Å²) in [6, 6.07) is 25.6. The van der Waals surface area contributed by atoms with E-state index in [2.05, 4.69) is 24.3 Å². The van der Waals surface area contributed by atoms with Gasteiger partial charge in [0.05, 0.1) is 12.8 Å². The number of hydrogen-bond acceptors (Lipinski definition) is 3. The number of anilines is 2. The summed E-state index contributed by atoms with van der Waals surface area (Å²) in [5.74, 6) is 0.707. The number of ether oxygens (including phenoxy) is 1. The molecule has 3 aromatic carbocycles. The van der Waals surface area contributed by atoms with Crippen molar-refractivity contribution >= 4 is 34.6 Å². The second-order valence-corrected chi connectivity index (χ2v) is 7.39. The van der Waals surface area contributed by atoms with Crippen LogP contribution in [-0.2, 0) is 11.2 Å². The number of hydrogen-bond donors (Lipinski definition) is 0. The average molecular weight is 403 g/mol. The van der Waals surface area contributed by atoms with Crippen LogP contribution in [0.1, 0.15) is 18.1 Å². The quantitative estimate of drug-likeness (QED) is 0.573. The molecule has 0 saturated carbocycles. The Balaban J connectivity index is 1.56. The molecule has 4 rings (SSSR count). The fraction of sp³-hybridized carbons (Fsp3) is 0.167. The van der Waals surface area contributed by atoms with Crippen molar-refractivity contribution in [2.24, 2.45) is 0 Å². The first-order valence-corrected chi connectivity index (χ1v) is 9.93. The summed E-state index contributed by atoms with van der Waals surface area (Å²) in [5.41, 5.74) is 4.15. The summed E-state index contributed by atoms with van der Waals surface area (Å²) in [6.07, 6.45) is 0.873. The number of amides is 1. The minimum Gasteiger partial charge on any atom is -0.497 e. The highest BCUT2D eigenvalue weighted by Crippen LogP contribution is 2.31. The molecule has 1 aliphatic rings. The molecular weight excluding hydrogens is 380 g/mol. The van der Waals surface area contributed by atoms with Gasteiger partial charge in [0.25, 0.3) is 5.91 Å². The molecule has 5 heteroatoms. The van der Waals surface area contributed by atoms with Gasteiger partial charge in [-0.2, -0.15) is 0 Å². The van der Waals surface area contributed by atoms with Crippen molar-refractivity contribution in [1.82, 2.24) is 0 Å². The number of benzene rings is 3. The molecule has 146 valence electrons. The zero-order valence-corrected chi connectivity index (χ0v) is 17.2. The molecule has 1 aliphatic heterocycles. The molecule has 1 saturated heterocycles. The number of thiocarbonyl (C=S) groups is 1. The van der Waals surface area contributed by atoms with E-state index in [1.54, 1.807) is 12.0 Å². The lowest BCUT2D eigenvalue weighted by molar-refractivity contribution is -0.117. The molecule has 1 atom stereocenters. The third-order valence-electron chi connectivity index (χ3n) is 5.16. The maximum Gasteiger partial charge on any atom is 0.256 e. The van der Waals surface area contributed by atoms with Gasteiger partial charge in [0.2, 0.25) is 0 Å². The number of nitrogens with zero attached hydrogens (tertiary/aromatic N) is 2. The van der Waals surface area contributed by atoms with E-state index in [1.807, 2.05) is 66.4 Å². The van der Waals surface area contributed by atoms with Crippen molar-refractivity contribution in [2.45, 2.75) is 19.4 Å². The van der Waals surface area contributed by atoms with E-state index >= 15 is 0 Å². The molecular formula is C24H22N2O2S. The Labute approximate surface area is 176 Å². The normalized spacial score (nSPS) is 16.4. The van der Waals surface area contributed by atoms with Gasteiger partial charge in [-0.05, 0) is 73.1 Å². The molecule has 1 heterocycles. The van der Waals surface area contributed by atoms with Crippen molar-refractivity contribution in [3.63, 3.8) is 0 Å². The van der Waals surface area contributed by atoms with Crippen LogP contribution in [-0.4, -0.2) is 24.2 Å². The highest BCUT2D eigenvalue weighted by atomic mass is 32.1. The second-order valence-electron chi connectivity index (χ2n) is 7.03. The van der Waals surface area contributed by atoms with Crippen molar-refractivity contribution in [3.05, 3.63) is 90.0 Å². The van der Waals surface area contributed by atoms with Gasteiger partial charge >= 0.3 is 0 Å². The lowest BCUT2D eigenvalue weighted by Crippen LogP contribution is -2.33. The summed E-state index contributed by atoms with van der Waals surface area (Å²) >= 11 is 5.68. The fourth-order valence-corrected chi connectivity index (χ4v) is 4.03. The van der Waals surface area contributed by atoms with Gasteiger partial charge in [0, 0.05) is 5.69 Å². The maximum atomic E-state index is 12.9. The van der Waals surface area contributed by atoms with Gasteiger partial charge in [0.15, 0.2) is 5.11 Å². The first-order chi connectivity index (χ1) is 14.1. The van der Waals surface area contributed by atoms with E-state index in [-0.39, 0.29) is 11.9 Å². The van der Waals surface area contributed by atoms with Gasteiger partial charge in [-0.15, -0.1) is 0 Å². The summed E-state index contributed by atoms with van der Waals surface area (Å²) in [4.78, 5) is 16.4. The predicted molar refractivity (Wildman–Crippen MR) is 121 cm³/mol. The van der Waals surface area contributed by atoms with E-state index in [1.165, 1.54) is 11.1 Å². The first kappa shape index (κ1) is 19.2. The van der Waals surface area contributed by atoms with Crippen LogP contribution in [0.3, 0.4) is 0 Å². The van der Waals surface area contributed by atoms with E-state index in [0.29, 0.717) is 5.11 Å². The Morgan fingerprint density at radius 3 is 2.07 bits per heavy atom. The molecule has 0 aromatic heterocycles. The Hall–Kier alpha value is -3.18. The van der Waals surface area contributed by atoms with Crippen LogP contribution in [0.5, 0.6) is 5.75 Å². The van der Waals surface area contributed by atoms with Crippen LogP contribution in [0.2, 0.25) is 0 Å². The maximum absolute atomic E-state index is 12.9. The van der Waals surface area contributed by atoms with Crippen LogP contribution in [0, 0.1) is 0 Å². The molecule has 1 fully saturated rings. The van der Waals surface area contributed by atoms with Crippen molar-refractivity contribution < 1.29 is 9.53 Å². The SMILES string of the molecule is COc1ccc(N2C(=O)C(C)N(c3ccc(Cc4ccccc4)cc3)C2=S)cc1. The molecule has 0 bridgehead atoms. The van der Waals surface area contributed by atoms with Crippen LogP contribution in [0.25, 0.3) is 0 Å². The molecule has 1 unspecified atom stereocenters. The Morgan fingerprint density at radius 1 is 0.862 bits per heavy atom. The average Bonchev–Trinajstić information content (AvgIpc) is 2.98. The Bertz CT molecular complexity index is 1020. The largest absolute Gasteiger partial charge is 0.497 e. The van der Waals surface area contributed by atoms with Crippen LogP contribution in [0.4, 0.5) is 11.4 Å². The third-order valence-corrected chi connectivity index (χ3v) is 5.54. The first-order valence-electron chi connectivity index (χ1n) is 9.52. The lowest BCUT2D eigenvalue weighted by Gasteiger charge is -2.22. The third kappa shape index (κ3) is 3.74. The molecule has 0 aliphatic carbocycles. The lowest BCUT2D eigenvalue weighted by atomic mass is 10.0. The zero-order valence-electron chi connectivity index (χ0n) is 16.4. The second kappa shape index (κ2) is 8.05. The summed E-state index contributed by atoms with van der Waals surface area (Å²) < 4.78 is 5.20. The van der Waals surface area contributed by atoms with E-state index in [0.717, 1.165) is 23.5 Å². The Morgan fingerprint density at radius 2 is 1.45 bits per heavy atom. The van der Waals surface area contributed by atoms with E-state index in [9.17, 15) is 4.79 Å². The van der Waals surface area contributed by atoms with Gasteiger partial charge < -0.3 is 9.64 Å². The van der Waals surface area contributed by atoms with Crippen LogP contribution >= 0.6 is 12.2 Å². The zero-order chi connectivity index (χ0) is 20.4. The molecule has 29 heavy (non-hydrogen) atoms. The molecule has 3 aromatic rings. The van der Waals surface area contributed by atoms with Crippen molar-refractivity contribution in [2.75, 3.05) is 16.9 Å². The van der Waals surface area contributed by atoms with E-state index in [4.69, 9.17) is 17.0 Å². The van der Waals surface area contributed by atoms with Crippen LogP contribution < -0.4 is 14.5 Å². The minimum absolute atomic E-state index is 0.0338. The van der Waals surface area contributed by atoms with E-state index < -0.39 is 0 Å². The molecule has 1 amide bonds. The predicted octanol–water partition coefficient (Wildman–Crippen LogP) is 4.81. The monoisotopic (exact) mass is 402 g/mol. The summed E-state index contributed by atoms with van der Waals surface area (Å²) in [6.45, 7) is 1.88. The van der Waals surface area contributed by atoms with Gasteiger partial charge in [0.1, 0.15) is 11.8 Å². The Kier molecular flexibility index (Phi) is 5.32. The number of methoxy groups -OCH3 is 1. The molecule has 0 radical (unpaired) electrons. The topological polar surface area (TPSA) is 32.8 Å². The molecule has 0 spiro atoms. The standard InChI is InChI=1S/C24H22N2O2S/c1-17-23(27)26(21-12-14-22(28-2)15-13-21)24(29)25(17)20-10-8-19(9-11-20)16-18-6-4-3-5-7-18/h3-15,17H,16H2,1-2H3. The van der Waals surface area contributed by atoms with Gasteiger partial charge in [-0.25, -0.2) is 0 Å². The molecule has 0 N–H and O–H groups in total. The highest BCUT2D eigenvalue weighted by Gasteiger charge is 2.41. The highest BCUT2D eigenvalue weighted by molar-refractivity contribution is 7.81. The van der Waals surface area contributed by atoms with Crippen molar-refractivity contribution in [1.29, 1.82) is 0 Å². The number of carbonyl (C=O) groups excluding carboxylic acids is 1. The summed E-state index contributed by atoms with van der Waals surface area (Å²) in [5, 5.41) is 0.489. The molecule has 4 nitrogen and oxygen atoms in total.